The number of hydrogen-bond acceptors (Lipinski definition) is 29. The van der Waals surface area contributed by atoms with E-state index in [0.29, 0.717) is 238 Å². The average Bonchev–Trinajstić information content (AvgIpc) is 0.897. The largest absolute Gasteiger partial charge is 0.487 e. The Bertz CT molecular complexity index is 1720. The van der Waals surface area contributed by atoms with Gasteiger partial charge in [-0.05, 0) is 53.7 Å². The second-order valence-electron chi connectivity index (χ2n) is 21.1. The van der Waals surface area contributed by atoms with Crippen molar-refractivity contribution in [2.75, 3.05) is 292 Å². The zero-order valence-electron chi connectivity index (χ0n) is 56.6. The van der Waals surface area contributed by atoms with Gasteiger partial charge in [0.25, 0.3) is 0 Å². The highest BCUT2D eigenvalue weighted by Gasteiger charge is 2.21. The average molecular weight is 1340 g/mol. The van der Waals surface area contributed by atoms with Crippen molar-refractivity contribution in [3.05, 3.63) is 17.7 Å². The number of methoxy groups -OCH3 is 2. The summed E-state index contributed by atoms with van der Waals surface area (Å²) >= 11 is 0. The minimum Gasteiger partial charge on any atom is -0.487 e. The first-order valence-corrected chi connectivity index (χ1v) is 31.8. The molecule has 0 bridgehead atoms. The molecule has 0 heterocycles. The van der Waals surface area contributed by atoms with Gasteiger partial charge in [0.2, 0.25) is 5.75 Å². The van der Waals surface area contributed by atoms with Crippen molar-refractivity contribution in [3.8, 4) is 17.2 Å². The molecular formula is C63H114O29. The van der Waals surface area contributed by atoms with Crippen molar-refractivity contribution < 1.29 is 138 Å². The highest BCUT2D eigenvalue weighted by molar-refractivity contribution is 5.91. The molecule has 0 fully saturated rings. The minimum atomic E-state index is -0.594. The maximum Gasteiger partial charge on any atom is 0.338 e. The van der Waals surface area contributed by atoms with Crippen LogP contribution in [0.15, 0.2) is 12.1 Å². The van der Waals surface area contributed by atoms with Crippen LogP contribution in [0.1, 0.15) is 64.7 Å². The Labute approximate surface area is 546 Å². The van der Waals surface area contributed by atoms with Gasteiger partial charge in [-0.15, -0.1) is 0 Å². The maximum absolute atomic E-state index is 12.8. The van der Waals surface area contributed by atoms with Gasteiger partial charge in [-0.2, -0.15) is 0 Å². The van der Waals surface area contributed by atoms with Crippen LogP contribution in [0.25, 0.3) is 0 Å². The van der Waals surface area contributed by atoms with E-state index in [2.05, 4.69) is 0 Å². The van der Waals surface area contributed by atoms with E-state index >= 15 is 0 Å². The number of benzene rings is 1. The van der Waals surface area contributed by atoms with Crippen LogP contribution in [-0.2, 0) is 119 Å². The van der Waals surface area contributed by atoms with Crippen molar-refractivity contribution in [1.29, 1.82) is 0 Å². The lowest BCUT2D eigenvalue weighted by molar-refractivity contribution is -0.157. The van der Waals surface area contributed by atoms with Crippen molar-refractivity contribution >= 4 is 17.9 Å². The predicted octanol–water partition coefficient (Wildman–Crippen LogP) is 4.04. The number of carbonyl (C=O) groups excluding carboxylic acids is 3. The Kier molecular flexibility index (Phi) is 59.3. The van der Waals surface area contributed by atoms with Gasteiger partial charge in [-0.3, -0.25) is 9.59 Å². The molecule has 0 aromatic heterocycles. The van der Waals surface area contributed by atoms with E-state index in [-0.39, 0.29) is 87.2 Å². The molecule has 540 valence electrons. The van der Waals surface area contributed by atoms with Crippen LogP contribution in [-0.4, -0.2) is 321 Å². The van der Waals surface area contributed by atoms with Crippen LogP contribution in [0.4, 0.5) is 0 Å². The molecule has 1 aromatic rings. The summed E-state index contributed by atoms with van der Waals surface area (Å²) in [6.07, 6.45) is 0.414. The van der Waals surface area contributed by atoms with E-state index in [0.717, 1.165) is 0 Å². The zero-order valence-corrected chi connectivity index (χ0v) is 56.6. The molecule has 0 aliphatic heterocycles. The van der Waals surface area contributed by atoms with E-state index in [1.54, 1.807) is 7.11 Å². The lowest BCUT2D eigenvalue weighted by Gasteiger charge is -2.19. The normalized spacial score (nSPS) is 11.8. The molecule has 1 rings (SSSR count). The Morgan fingerprint density at radius 1 is 0.272 bits per heavy atom. The third-order valence-corrected chi connectivity index (χ3v) is 11.0. The molecule has 0 aliphatic rings. The number of esters is 3. The molecule has 0 radical (unpaired) electrons. The Hall–Kier alpha value is -3.77. The van der Waals surface area contributed by atoms with Gasteiger partial charge >= 0.3 is 17.9 Å². The molecule has 1 aromatic carbocycles. The maximum atomic E-state index is 12.8. The number of ether oxygens (including phenoxy) is 26. The first kappa shape index (κ1) is 86.2. The van der Waals surface area contributed by atoms with Crippen LogP contribution in [0, 0.1) is 0 Å². The predicted molar refractivity (Wildman–Crippen MR) is 333 cm³/mol. The summed E-state index contributed by atoms with van der Waals surface area (Å²) in [6, 6.07) is 3.05. The lowest BCUT2D eigenvalue weighted by atomic mass is 10.2. The van der Waals surface area contributed by atoms with E-state index in [1.165, 1.54) is 19.2 Å². The van der Waals surface area contributed by atoms with E-state index in [9.17, 15) is 14.4 Å². The smallest absolute Gasteiger partial charge is 0.338 e. The zero-order chi connectivity index (χ0) is 67.0. The van der Waals surface area contributed by atoms with Crippen molar-refractivity contribution in [2.24, 2.45) is 0 Å². The van der Waals surface area contributed by atoms with Gasteiger partial charge in [0.1, 0.15) is 31.0 Å². The van der Waals surface area contributed by atoms with Crippen LogP contribution >= 0.6 is 0 Å². The molecule has 0 saturated carbocycles. The summed E-state index contributed by atoms with van der Waals surface area (Å²) in [5.41, 5.74) is -0.810. The SMILES string of the molecule is COCCOCCOCCOCCOc1c(OCCOCCOCCOCCOCCOCCOCCOCCOCCC(=O)OC(C)(C)C)cc(C(=O)OC)cc1OCCOCCOCCOCCOCCOCCOCCOCCOCCC(=O)OC(C)(C)C. The third-order valence-electron chi connectivity index (χ3n) is 11.0. The van der Waals surface area contributed by atoms with Gasteiger partial charge in [0, 0.05) is 7.11 Å². The third kappa shape index (κ3) is 59.9. The first-order valence-electron chi connectivity index (χ1n) is 31.8. The molecule has 0 spiro atoms. The van der Waals surface area contributed by atoms with Crippen LogP contribution in [0.5, 0.6) is 17.2 Å². The number of hydrogen-bond donors (Lipinski definition) is 0. The van der Waals surface area contributed by atoms with Crippen LogP contribution in [0.3, 0.4) is 0 Å². The van der Waals surface area contributed by atoms with Gasteiger partial charge in [-0.1, -0.05) is 0 Å². The van der Waals surface area contributed by atoms with Crippen molar-refractivity contribution in [1.82, 2.24) is 0 Å². The summed E-state index contributed by atoms with van der Waals surface area (Å²) in [5.74, 6) is -0.409. The fourth-order valence-corrected chi connectivity index (χ4v) is 6.86. The molecule has 0 atom stereocenters. The van der Waals surface area contributed by atoms with Gasteiger partial charge in [0.05, 0.1) is 283 Å². The lowest BCUT2D eigenvalue weighted by Crippen LogP contribution is -2.24. The summed E-state index contributed by atoms with van der Waals surface area (Å²) < 4.78 is 144. The highest BCUT2D eigenvalue weighted by Crippen LogP contribution is 2.39. The van der Waals surface area contributed by atoms with Gasteiger partial charge < -0.3 is 123 Å². The molecule has 0 unspecified atom stereocenters. The topological polar surface area (TPSA) is 291 Å². The molecule has 0 amide bonds. The van der Waals surface area contributed by atoms with E-state index < -0.39 is 17.2 Å². The highest BCUT2D eigenvalue weighted by atomic mass is 16.6. The molecule has 0 aliphatic carbocycles. The Morgan fingerprint density at radius 3 is 0.674 bits per heavy atom. The second-order valence-corrected chi connectivity index (χ2v) is 21.1. The van der Waals surface area contributed by atoms with E-state index in [1.807, 2.05) is 41.5 Å². The fourth-order valence-electron chi connectivity index (χ4n) is 6.86. The van der Waals surface area contributed by atoms with Crippen LogP contribution < -0.4 is 14.2 Å². The molecule has 0 N–H and O–H groups in total. The van der Waals surface area contributed by atoms with Gasteiger partial charge in [0.15, 0.2) is 11.5 Å². The van der Waals surface area contributed by atoms with Crippen molar-refractivity contribution in [2.45, 2.75) is 65.6 Å². The summed E-state index contributed by atoms with van der Waals surface area (Å²) in [4.78, 5) is 36.1. The molecular weight excluding hydrogens is 1220 g/mol. The summed E-state index contributed by atoms with van der Waals surface area (Å²) in [6.45, 7) is 26.6. The summed E-state index contributed by atoms with van der Waals surface area (Å²) in [7, 11) is 2.90. The number of carbonyl (C=O) groups is 3. The molecule has 29 nitrogen and oxygen atoms in total. The van der Waals surface area contributed by atoms with Gasteiger partial charge in [-0.25, -0.2) is 4.79 Å². The second kappa shape index (κ2) is 63.3. The Morgan fingerprint density at radius 2 is 0.467 bits per heavy atom. The van der Waals surface area contributed by atoms with Crippen molar-refractivity contribution in [3.63, 3.8) is 0 Å². The Balaban J connectivity index is 2.26. The minimum absolute atomic E-state index is 0.120. The molecule has 92 heavy (non-hydrogen) atoms. The molecule has 29 heteroatoms. The monoisotopic (exact) mass is 1330 g/mol. The number of rotatable bonds is 70. The fraction of sp³-hybridized carbons (Fsp3) is 0.857. The van der Waals surface area contributed by atoms with E-state index in [4.69, 9.17) is 123 Å². The van der Waals surface area contributed by atoms with Crippen LogP contribution in [0.2, 0.25) is 0 Å². The summed E-state index contributed by atoms with van der Waals surface area (Å²) in [5, 5.41) is 0. The molecule has 0 saturated heterocycles. The standard InChI is InChI=1S/C63H114O29/c1-62(2,3)91-58(64)9-11-69-15-17-72-21-23-75-25-27-77-29-31-79-33-35-81-37-39-83-41-44-85-47-50-88-56-53-55(61(66)68-8)54-57(60(56)90-52-49-87-46-43-74-20-19-71-14-13-67-7)89-51-48-86-45-42-84-40-38-82-36-34-80-32-30-78-28-26-76-24-22-73-18-16-70-12-10-59(65)92-63(4,5)6/h53-54H,9-52H2,1-8H3. The quantitative estimate of drug-likeness (QED) is 0.0505. The first-order chi connectivity index (χ1) is 44.8.